The molecule has 0 spiro atoms. The number of carbonyl (C=O) groups is 1. The molecule has 0 saturated carbocycles. The SMILES string of the molecule is CCOC(=O)c1c(NC(=S)Nc2ccc(N(C)C)cc2)sc2c1CCCCC2. The zero-order valence-electron chi connectivity index (χ0n) is 16.6. The Balaban J connectivity index is 1.78. The van der Waals surface area contributed by atoms with E-state index in [4.69, 9.17) is 17.0 Å². The van der Waals surface area contributed by atoms with Gasteiger partial charge in [0.25, 0.3) is 0 Å². The molecule has 0 saturated heterocycles. The molecule has 0 aliphatic heterocycles. The van der Waals surface area contributed by atoms with Crippen molar-refractivity contribution in [3.63, 3.8) is 0 Å². The maximum atomic E-state index is 12.6. The van der Waals surface area contributed by atoms with E-state index in [0.717, 1.165) is 47.6 Å². The Bertz CT molecular complexity index is 844. The molecule has 2 N–H and O–H groups in total. The summed E-state index contributed by atoms with van der Waals surface area (Å²) >= 11 is 7.13. The minimum Gasteiger partial charge on any atom is -0.462 e. The van der Waals surface area contributed by atoms with E-state index in [9.17, 15) is 4.79 Å². The first-order valence-corrected chi connectivity index (χ1v) is 10.9. The number of thiophene rings is 1. The molecule has 1 aliphatic rings. The number of rotatable bonds is 5. The lowest BCUT2D eigenvalue weighted by Crippen LogP contribution is -2.20. The monoisotopic (exact) mass is 417 g/mol. The van der Waals surface area contributed by atoms with Gasteiger partial charge in [-0.15, -0.1) is 11.3 Å². The van der Waals surface area contributed by atoms with Crippen LogP contribution in [0.4, 0.5) is 16.4 Å². The number of fused-ring (bicyclic) bond motifs is 1. The van der Waals surface area contributed by atoms with Crippen molar-refractivity contribution in [1.29, 1.82) is 0 Å². The Hall–Kier alpha value is -2.12. The first-order chi connectivity index (χ1) is 13.5. The largest absolute Gasteiger partial charge is 0.462 e. The smallest absolute Gasteiger partial charge is 0.341 e. The lowest BCUT2D eigenvalue weighted by Gasteiger charge is -2.14. The highest BCUT2D eigenvalue weighted by molar-refractivity contribution is 7.80. The number of nitrogens with zero attached hydrogens (tertiary/aromatic N) is 1. The highest BCUT2D eigenvalue weighted by Gasteiger charge is 2.26. The Labute approximate surface area is 176 Å². The minimum atomic E-state index is -0.262. The molecule has 0 bridgehead atoms. The van der Waals surface area contributed by atoms with Crippen LogP contribution < -0.4 is 15.5 Å². The van der Waals surface area contributed by atoms with Gasteiger partial charge in [0.1, 0.15) is 5.00 Å². The molecule has 7 heteroatoms. The fraction of sp³-hybridized carbons (Fsp3) is 0.429. The molecule has 2 aromatic rings. The van der Waals surface area contributed by atoms with Gasteiger partial charge < -0.3 is 20.3 Å². The summed E-state index contributed by atoms with van der Waals surface area (Å²) in [7, 11) is 4.01. The topological polar surface area (TPSA) is 53.6 Å². The fourth-order valence-corrected chi connectivity index (χ4v) is 4.92. The van der Waals surface area contributed by atoms with Gasteiger partial charge in [-0.05, 0) is 74.7 Å². The molecule has 0 atom stereocenters. The highest BCUT2D eigenvalue weighted by Crippen LogP contribution is 2.38. The van der Waals surface area contributed by atoms with Gasteiger partial charge in [0.15, 0.2) is 5.11 Å². The highest BCUT2D eigenvalue weighted by atomic mass is 32.1. The van der Waals surface area contributed by atoms with Crippen LogP contribution in [0.3, 0.4) is 0 Å². The van der Waals surface area contributed by atoms with Gasteiger partial charge in [-0.3, -0.25) is 0 Å². The number of carbonyl (C=O) groups excluding carboxylic acids is 1. The molecule has 1 aromatic heterocycles. The van der Waals surface area contributed by atoms with Gasteiger partial charge in [0, 0.05) is 30.3 Å². The zero-order chi connectivity index (χ0) is 20.1. The quantitative estimate of drug-likeness (QED) is 0.402. The summed E-state index contributed by atoms with van der Waals surface area (Å²) in [5.74, 6) is -0.262. The van der Waals surface area contributed by atoms with Crippen LogP contribution in [0.2, 0.25) is 0 Å². The zero-order valence-corrected chi connectivity index (χ0v) is 18.3. The van der Waals surface area contributed by atoms with Gasteiger partial charge in [0.05, 0.1) is 12.2 Å². The molecular weight excluding hydrogens is 390 g/mol. The molecule has 1 aromatic carbocycles. The van der Waals surface area contributed by atoms with Crippen molar-refractivity contribution in [2.24, 2.45) is 0 Å². The number of ether oxygens (including phenoxy) is 1. The van der Waals surface area contributed by atoms with E-state index in [1.165, 1.54) is 11.3 Å². The van der Waals surface area contributed by atoms with Crippen molar-refractivity contribution in [3.05, 3.63) is 40.3 Å². The molecule has 0 amide bonds. The second kappa shape index (κ2) is 9.39. The first kappa shape index (κ1) is 20.6. The van der Waals surface area contributed by atoms with Crippen LogP contribution in [0.25, 0.3) is 0 Å². The molecule has 5 nitrogen and oxygen atoms in total. The predicted octanol–water partition coefficient (Wildman–Crippen LogP) is 5.07. The molecule has 1 aliphatic carbocycles. The Morgan fingerprint density at radius 3 is 2.54 bits per heavy atom. The number of benzene rings is 1. The predicted molar refractivity (Wildman–Crippen MR) is 122 cm³/mol. The van der Waals surface area contributed by atoms with Crippen LogP contribution >= 0.6 is 23.6 Å². The van der Waals surface area contributed by atoms with E-state index in [-0.39, 0.29) is 5.97 Å². The molecule has 0 unspecified atom stereocenters. The number of anilines is 3. The van der Waals surface area contributed by atoms with Crippen molar-refractivity contribution in [1.82, 2.24) is 0 Å². The third kappa shape index (κ3) is 4.83. The third-order valence-corrected chi connectivity index (χ3v) is 6.18. The van der Waals surface area contributed by atoms with E-state index < -0.39 is 0 Å². The maximum Gasteiger partial charge on any atom is 0.341 e. The molecule has 28 heavy (non-hydrogen) atoms. The van der Waals surface area contributed by atoms with Gasteiger partial charge >= 0.3 is 5.97 Å². The van der Waals surface area contributed by atoms with Gasteiger partial charge in [0.2, 0.25) is 0 Å². The van der Waals surface area contributed by atoms with E-state index >= 15 is 0 Å². The van der Waals surface area contributed by atoms with E-state index in [1.807, 2.05) is 50.2 Å². The average Bonchev–Trinajstić information content (AvgIpc) is 2.82. The summed E-state index contributed by atoms with van der Waals surface area (Å²) in [6, 6.07) is 8.03. The van der Waals surface area contributed by atoms with Gasteiger partial charge in [-0.25, -0.2) is 4.79 Å². The third-order valence-electron chi connectivity index (χ3n) is 4.77. The molecule has 0 fully saturated rings. The van der Waals surface area contributed by atoms with Crippen molar-refractivity contribution in [2.45, 2.75) is 39.0 Å². The number of thiocarbonyl (C=S) groups is 1. The van der Waals surface area contributed by atoms with Crippen molar-refractivity contribution >= 4 is 51.0 Å². The molecule has 3 rings (SSSR count). The Morgan fingerprint density at radius 2 is 1.86 bits per heavy atom. The fourth-order valence-electron chi connectivity index (χ4n) is 3.36. The van der Waals surface area contributed by atoms with Gasteiger partial charge in [-0.1, -0.05) is 6.42 Å². The van der Waals surface area contributed by atoms with Gasteiger partial charge in [-0.2, -0.15) is 0 Å². The van der Waals surface area contributed by atoms with E-state index in [1.54, 1.807) is 11.3 Å². The molecular formula is C21H27N3O2S2. The van der Waals surface area contributed by atoms with Crippen molar-refractivity contribution in [3.8, 4) is 0 Å². The van der Waals surface area contributed by atoms with Crippen LogP contribution in [0.1, 0.15) is 47.0 Å². The first-order valence-electron chi connectivity index (χ1n) is 9.66. The van der Waals surface area contributed by atoms with Crippen molar-refractivity contribution < 1.29 is 9.53 Å². The summed E-state index contributed by atoms with van der Waals surface area (Å²) in [4.78, 5) is 16.0. The van der Waals surface area contributed by atoms with E-state index in [0.29, 0.717) is 17.3 Å². The molecule has 150 valence electrons. The number of nitrogens with one attached hydrogen (secondary N) is 2. The summed E-state index contributed by atoms with van der Waals surface area (Å²) in [6.07, 6.45) is 5.41. The molecule has 0 radical (unpaired) electrons. The minimum absolute atomic E-state index is 0.262. The van der Waals surface area contributed by atoms with Crippen LogP contribution in [0.15, 0.2) is 24.3 Å². The second-order valence-electron chi connectivity index (χ2n) is 7.01. The number of hydrogen-bond donors (Lipinski definition) is 2. The van der Waals surface area contributed by atoms with Crippen LogP contribution in [0, 0.1) is 0 Å². The maximum absolute atomic E-state index is 12.6. The van der Waals surface area contributed by atoms with Crippen LogP contribution in [0.5, 0.6) is 0 Å². The summed E-state index contributed by atoms with van der Waals surface area (Å²) in [5, 5.41) is 7.70. The number of aryl methyl sites for hydroxylation is 1. The summed E-state index contributed by atoms with van der Waals surface area (Å²) in [6.45, 7) is 2.20. The normalized spacial score (nSPS) is 13.2. The van der Waals surface area contributed by atoms with Crippen LogP contribution in [-0.2, 0) is 17.6 Å². The number of hydrogen-bond acceptors (Lipinski definition) is 5. The lowest BCUT2D eigenvalue weighted by atomic mass is 10.1. The summed E-state index contributed by atoms with van der Waals surface area (Å²) < 4.78 is 5.33. The van der Waals surface area contributed by atoms with Crippen LogP contribution in [-0.4, -0.2) is 31.8 Å². The lowest BCUT2D eigenvalue weighted by molar-refractivity contribution is 0.0527. The second-order valence-corrected chi connectivity index (χ2v) is 8.52. The Morgan fingerprint density at radius 1 is 1.14 bits per heavy atom. The number of esters is 1. The van der Waals surface area contributed by atoms with E-state index in [2.05, 4.69) is 10.6 Å². The Kier molecular flexibility index (Phi) is 6.91. The molecule has 1 heterocycles. The summed E-state index contributed by atoms with van der Waals surface area (Å²) in [5.41, 5.74) is 3.83. The van der Waals surface area contributed by atoms with Crippen molar-refractivity contribution in [2.75, 3.05) is 36.2 Å². The standard InChI is InChI=1S/C21H27N3O2S2/c1-4-26-20(25)18-16-8-6-5-7-9-17(16)28-19(18)23-21(27)22-14-10-12-15(13-11-14)24(2)3/h10-13H,4-9H2,1-3H3,(H2,22,23,27). The average molecular weight is 418 g/mol.